The minimum atomic E-state index is -1.72. The first kappa shape index (κ1) is 28.3. The zero-order valence-corrected chi connectivity index (χ0v) is 23.5. The van der Waals surface area contributed by atoms with E-state index in [-0.39, 0.29) is 6.29 Å². The Bertz CT molecular complexity index is 548. The van der Waals surface area contributed by atoms with Crippen LogP contribution >= 0.6 is 26.3 Å². The topological polar surface area (TPSA) is 18.5 Å². The maximum absolute atomic E-state index is 5.95. The van der Waals surface area contributed by atoms with Crippen LogP contribution in [0.25, 0.3) is 0 Å². The first-order valence-corrected chi connectivity index (χ1v) is 18.6. The van der Waals surface area contributed by atoms with E-state index in [9.17, 15) is 0 Å². The summed E-state index contributed by atoms with van der Waals surface area (Å²) in [6.07, 6.45) is 14.8. The van der Waals surface area contributed by atoms with E-state index in [4.69, 9.17) is 9.47 Å². The predicted molar refractivity (Wildman–Crippen MR) is 146 cm³/mol. The van der Waals surface area contributed by atoms with Crippen molar-refractivity contribution in [2.75, 3.05) is 33.2 Å². The molecule has 0 spiro atoms. The Morgan fingerprint density at radius 1 is 0.767 bits per heavy atom. The quantitative estimate of drug-likeness (QED) is 0.0792. The Morgan fingerprint density at radius 3 is 1.87 bits per heavy atom. The van der Waals surface area contributed by atoms with Crippen molar-refractivity contribution in [2.45, 2.75) is 97.2 Å². The van der Waals surface area contributed by atoms with Gasteiger partial charge in [-0.15, -0.1) is 0 Å². The van der Waals surface area contributed by atoms with Crippen molar-refractivity contribution in [2.24, 2.45) is 0 Å². The molecule has 0 aliphatic heterocycles. The Labute approximate surface area is 200 Å². The molecule has 0 saturated heterocycles. The fourth-order valence-corrected chi connectivity index (χ4v) is 6.88. The Morgan fingerprint density at radius 2 is 1.30 bits per heavy atom. The van der Waals surface area contributed by atoms with Gasteiger partial charge in [0.2, 0.25) is 0 Å². The van der Waals surface area contributed by atoms with Crippen LogP contribution in [0.3, 0.4) is 0 Å². The second kappa shape index (κ2) is 15.2. The molecular weight excluding hydrogens is 502 g/mol. The number of hydrogen-bond donors (Lipinski definition) is 0. The van der Waals surface area contributed by atoms with Crippen LogP contribution in [0.2, 0.25) is 0 Å². The van der Waals surface area contributed by atoms with E-state index < -0.39 is 4.25 Å². The standard InChI is InChI=1S/C26H48IO2P/c1-6-8-22-28-26(29-23-9-7-2)21-15-13-11-10-12-14-18-24-19-16-17-20-25(24)30(3,4,5)27/h16-17,19-20,26H,6-15,18,21-23H2,1-5H3. The molecule has 0 heterocycles. The summed E-state index contributed by atoms with van der Waals surface area (Å²) >= 11 is 2.72. The molecule has 1 aromatic rings. The van der Waals surface area contributed by atoms with Crippen molar-refractivity contribution in [3.63, 3.8) is 0 Å². The number of halogens is 1. The second-order valence-corrected chi connectivity index (χ2v) is 25.6. The van der Waals surface area contributed by atoms with Gasteiger partial charge in [-0.05, 0) is 12.8 Å². The molecule has 30 heavy (non-hydrogen) atoms. The molecular formula is C26H48IO2P. The minimum Gasteiger partial charge on any atom is -0.0653 e. The van der Waals surface area contributed by atoms with Crippen LogP contribution in [0.15, 0.2) is 24.3 Å². The van der Waals surface area contributed by atoms with Gasteiger partial charge in [0.1, 0.15) is 0 Å². The molecule has 4 heteroatoms. The summed E-state index contributed by atoms with van der Waals surface area (Å²) in [4.78, 5) is 0. The first-order valence-electron chi connectivity index (χ1n) is 12.3. The third-order valence-corrected chi connectivity index (χ3v) is 9.17. The van der Waals surface area contributed by atoms with Crippen LogP contribution < -0.4 is 5.30 Å². The molecule has 0 aromatic heterocycles. The van der Waals surface area contributed by atoms with Gasteiger partial charge in [-0.1, -0.05) is 26.7 Å². The smallest absolute Gasteiger partial charge is 0.0653 e. The number of unbranched alkanes of at least 4 members (excludes halogenated alkanes) is 7. The average Bonchev–Trinajstić information content (AvgIpc) is 2.69. The predicted octanol–water partition coefficient (Wildman–Crippen LogP) is 8.34. The van der Waals surface area contributed by atoms with E-state index in [0.717, 1.165) is 32.5 Å². The Kier molecular flexibility index (Phi) is 14.3. The maximum atomic E-state index is 5.95. The van der Waals surface area contributed by atoms with E-state index in [1.54, 1.807) is 10.9 Å². The molecule has 1 rings (SSSR count). The van der Waals surface area contributed by atoms with Crippen LogP contribution in [-0.4, -0.2) is 39.5 Å². The molecule has 1 aromatic carbocycles. The molecule has 0 unspecified atom stereocenters. The van der Waals surface area contributed by atoms with Crippen molar-refractivity contribution >= 4 is 31.6 Å². The Hall–Kier alpha value is 0.300. The van der Waals surface area contributed by atoms with Crippen LogP contribution in [0, 0.1) is 0 Å². The third-order valence-electron chi connectivity index (χ3n) is 5.54. The molecule has 0 amide bonds. The monoisotopic (exact) mass is 550 g/mol. The van der Waals surface area contributed by atoms with Crippen molar-refractivity contribution < 1.29 is 9.47 Å². The van der Waals surface area contributed by atoms with Gasteiger partial charge in [0, 0.05) is 13.2 Å². The van der Waals surface area contributed by atoms with Crippen LogP contribution in [-0.2, 0) is 15.9 Å². The SMILES string of the molecule is CCCCOC(CCCCCCCCc1ccccc1P(C)(C)(C)I)OCCCC. The van der Waals surface area contributed by atoms with Crippen molar-refractivity contribution in [1.82, 2.24) is 0 Å². The number of hydrogen-bond acceptors (Lipinski definition) is 2. The normalized spacial score (nSPS) is 13.5. The summed E-state index contributed by atoms with van der Waals surface area (Å²) in [5.41, 5.74) is 1.58. The van der Waals surface area contributed by atoms with E-state index in [2.05, 4.69) is 80.1 Å². The number of rotatable bonds is 18. The molecule has 0 aliphatic rings. The molecule has 0 atom stereocenters. The van der Waals surface area contributed by atoms with Gasteiger partial charge in [-0.2, -0.15) is 0 Å². The molecule has 0 aliphatic carbocycles. The summed E-state index contributed by atoms with van der Waals surface area (Å²) in [7, 11) is 0. The second-order valence-electron chi connectivity index (χ2n) is 9.77. The van der Waals surface area contributed by atoms with E-state index >= 15 is 0 Å². The summed E-state index contributed by atoms with van der Waals surface area (Å²) < 4.78 is 10.2. The van der Waals surface area contributed by atoms with Gasteiger partial charge in [-0.25, -0.2) is 0 Å². The number of aryl methyl sites for hydroxylation is 1. The number of benzene rings is 1. The fourth-order valence-electron chi connectivity index (χ4n) is 3.73. The molecule has 0 saturated carbocycles. The summed E-state index contributed by atoms with van der Waals surface area (Å²) in [6, 6.07) is 9.13. The van der Waals surface area contributed by atoms with Gasteiger partial charge in [0.25, 0.3) is 0 Å². The third kappa shape index (κ3) is 13.0. The van der Waals surface area contributed by atoms with Crippen LogP contribution in [0.5, 0.6) is 0 Å². The van der Waals surface area contributed by atoms with Crippen LogP contribution in [0.1, 0.15) is 90.0 Å². The van der Waals surface area contributed by atoms with Gasteiger partial charge < -0.3 is 0 Å². The zero-order chi connectivity index (χ0) is 22.3. The first-order chi connectivity index (χ1) is 14.2. The average molecular weight is 551 g/mol. The van der Waals surface area contributed by atoms with Crippen molar-refractivity contribution in [3.8, 4) is 0 Å². The molecule has 176 valence electrons. The van der Waals surface area contributed by atoms with Crippen molar-refractivity contribution in [3.05, 3.63) is 29.8 Å². The fraction of sp³-hybridized carbons (Fsp3) is 0.769. The van der Waals surface area contributed by atoms with E-state index in [1.807, 2.05) is 0 Å². The molecule has 0 N–H and O–H groups in total. The van der Waals surface area contributed by atoms with Gasteiger partial charge in [0.15, 0.2) is 0 Å². The van der Waals surface area contributed by atoms with Gasteiger partial charge in [-0.3, -0.25) is 0 Å². The van der Waals surface area contributed by atoms with E-state index in [0.29, 0.717) is 0 Å². The minimum absolute atomic E-state index is 0.0153. The number of ether oxygens (including phenoxy) is 2. The van der Waals surface area contributed by atoms with Gasteiger partial charge >= 0.3 is 149 Å². The molecule has 0 radical (unpaired) electrons. The molecule has 0 bridgehead atoms. The van der Waals surface area contributed by atoms with Gasteiger partial charge in [0.05, 0.1) is 0 Å². The van der Waals surface area contributed by atoms with Crippen molar-refractivity contribution in [1.29, 1.82) is 0 Å². The summed E-state index contributed by atoms with van der Waals surface area (Å²) in [5, 5.41) is 1.61. The van der Waals surface area contributed by atoms with Crippen LogP contribution in [0.4, 0.5) is 0 Å². The molecule has 0 fully saturated rings. The zero-order valence-electron chi connectivity index (χ0n) is 20.4. The summed E-state index contributed by atoms with van der Waals surface area (Å²) in [6.45, 7) is 13.5. The summed E-state index contributed by atoms with van der Waals surface area (Å²) in [5.74, 6) is 0. The van der Waals surface area contributed by atoms with E-state index in [1.165, 1.54) is 57.8 Å². The molecule has 2 nitrogen and oxygen atoms in total. The Balaban J connectivity index is 2.22.